The van der Waals surface area contributed by atoms with E-state index < -0.39 is 0 Å². The summed E-state index contributed by atoms with van der Waals surface area (Å²) in [4.78, 5) is 11.6. The van der Waals surface area contributed by atoms with E-state index in [1.807, 2.05) is 12.4 Å². The Hall–Kier alpha value is -6.27. The van der Waals surface area contributed by atoms with Gasteiger partial charge in [-0.15, -0.1) is 0 Å². The lowest BCUT2D eigenvalue weighted by Gasteiger charge is -2.47. The molecule has 0 atom stereocenters. The van der Waals surface area contributed by atoms with E-state index in [0.29, 0.717) is 0 Å². The van der Waals surface area contributed by atoms with Crippen LogP contribution in [0.2, 0.25) is 0 Å². The van der Waals surface area contributed by atoms with Crippen molar-refractivity contribution in [1.82, 2.24) is 4.98 Å². The number of para-hydroxylation sites is 6. The molecular formula is C41H27BN4O. The van der Waals surface area contributed by atoms with Crippen LogP contribution in [0.5, 0.6) is 11.5 Å². The highest BCUT2D eigenvalue weighted by molar-refractivity contribution is 6.99. The lowest BCUT2D eigenvalue weighted by molar-refractivity contribution is 0.487. The van der Waals surface area contributed by atoms with Gasteiger partial charge in [-0.25, -0.2) is 0 Å². The van der Waals surface area contributed by atoms with E-state index in [2.05, 4.69) is 171 Å². The van der Waals surface area contributed by atoms with E-state index in [9.17, 15) is 0 Å². The number of hydrogen-bond acceptors (Lipinski definition) is 5. The molecule has 0 amide bonds. The monoisotopic (exact) mass is 602 g/mol. The highest BCUT2D eigenvalue weighted by atomic mass is 16.5. The van der Waals surface area contributed by atoms with Gasteiger partial charge in [-0.05, 0) is 77.1 Å². The molecule has 0 aliphatic carbocycles. The van der Waals surface area contributed by atoms with Crippen LogP contribution in [-0.4, -0.2) is 11.7 Å². The van der Waals surface area contributed by atoms with Crippen LogP contribution in [0, 0.1) is 0 Å². The lowest BCUT2D eigenvalue weighted by atomic mass is 9.34. The largest absolute Gasteiger partial charge is 0.458 e. The predicted molar refractivity (Wildman–Crippen MR) is 193 cm³/mol. The third kappa shape index (κ3) is 3.76. The quantitative estimate of drug-likeness (QED) is 0.189. The number of hydrogen-bond donors (Lipinski definition) is 0. The molecule has 5 nitrogen and oxygen atoms in total. The van der Waals surface area contributed by atoms with Gasteiger partial charge in [-0.3, -0.25) is 4.98 Å². The van der Waals surface area contributed by atoms with Crippen LogP contribution in [0.3, 0.4) is 0 Å². The zero-order valence-corrected chi connectivity index (χ0v) is 25.4. The normalized spacial score (nSPS) is 13.5. The fourth-order valence-corrected chi connectivity index (χ4v) is 7.64. The van der Waals surface area contributed by atoms with Gasteiger partial charge in [-0.1, -0.05) is 84.9 Å². The second-order valence-electron chi connectivity index (χ2n) is 12.0. The maximum atomic E-state index is 6.92. The molecule has 4 heterocycles. The van der Waals surface area contributed by atoms with E-state index >= 15 is 0 Å². The van der Waals surface area contributed by atoms with E-state index in [0.717, 1.165) is 68.1 Å². The van der Waals surface area contributed by atoms with Gasteiger partial charge in [0, 0.05) is 41.2 Å². The number of pyridine rings is 1. The third-order valence-electron chi connectivity index (χ3n) is 9.48. The van der Waals surface area contributed by atoms with Crippen LogP contribution < -0.4 is 35.8 Å². The first-order valence-electron chi connectivity index (χ1n) is 15.9. The number of fused-ring (bicyclic) bond motifs is 7. The molecule has 1 aromatic heterocycles. The Morgan fingerprint density at radius 2 is 0.957 bits per heavy atom. The number of rotatable bonds is 3. The second kappa shape index (κ2) is 10.1. The van der Waals surface area contributed by atoms with Crippen LogP contribution >= 0.6 is 0 Å². The summed E-state index contributed by atoms with van der Waals surface area (Å²) in [5.41, 5.74) is 13.4. The SMILES string of the molecule is c1ccc(N2c3ccccc3N(c3ccccc3)c3c2cc2c4c3N(c3ccncc3)c3ccccc3B4c3ccccc3O2)cc1. The highest BCUT2D eigenvalue weighted by Crippen LogP contribution is 2.60. The van der Waals surface area contributed by atoms with Crippen molar-refractivity contribution in [2.45, 2.75) is 0 Å². The Bertz CT molecular complexity index is 2310. The Balaban J connectivity index is 1.39. The summed E-state index contributed by atoms with van der Waals surface area (Å²) in [6.45, 7) is -0.00972. The van der Waals surface area contributed by atoms with Crippen molar-refractivity contribution in [1.29, 1.82) is 0 Å². The molecule has 3 aliphatic heterocycles. The highest BCUT2D eigenvalue weighted by Gasteiger charge is 2.46. The van der Waals surface area contributed by atoms with Gasteiger partial charge in [0.15, 0.2) is 0 Å². The van der Waals surface area contributed by atoms with Crippen LogP contribution in [-0.2, 0) is 0 Å². The van der Waals surface area contributed by atoms with Gasteiger partial charge in [0.2, 0.25) is 0 Å². The number of aromatic nitrogens is 1. The van der Waals surface area contributed by atoms with Crippen molar-refractivity contribution in [3.8, 4) is 11.5 Å². The molecule has 0 saturated carbocycles. The summed E-state index contributed by atoms with van der Waals surface area (Å²) in [5, 5.41) is 0. The van der Waals surface area contributed by atoms with Gasteiger partial charge in [0.05, 0.1) is 28.4 Å². The average Bonchev–Trinajstić information content (AvgIpc) is 3.14. The first-order valence-corrected chi connectivity index (χ1v) is 15.9. The van der Waals surface area contributed by atoms with Gasteiger partial charge in [0.1, 0.15) is 11.5 Å². The Morgan fingerprint density at radius 1 is 0.426 bits per heavy atom. The van der Waals surface area contributed by atoms with Crippen molar-refractivity contribution in [2.75, 3.05) is 14.7 Å². The van der Waals surface area contributed by atoms with Gasteiger partial charge in [-0.2, -0.15) is 0 Å². The molecule has 0 radical (unpaired) electrons. The smallest absolute Gasteiger partial charge is 0.256 e. The first-order chi connectivity index (χ1) is 23.4. The van der Waals surface area contributed by atoms with Crippen LogP contribution in [0.1, 0.15) is 0 Å². The van der Waals surface area contributed by atoms with Gasteiger partial charge < -0.3 is 19.4 Å². The minimum Gasteiger partial charge on any atom is -0.458 e. The van der Waals surface area contributed by atoms with E-state index in [4.69, 9.17) is 4.74 Å². The molecule has 0 fully saturated rings. The number of ether oxygens (including phenoxy) is 1. The maximum Gasteiger partial charge on any atom is 0.256 e. The summed E-state index contributed by atoms with van der Waals surface area (Å²) < 4.78 is 6.92. The molecule has 7 aromatic rings. The molecule has 6 aromatic carbocycles. The van der Waals surface area contributed by atoms with Crippen LogP contribution in [0.15, 0.2) is 164 Å². The summed E-state index contributed by atoms with van der Waals surface area (Å²) in [7, 11) is 0. The fourth-order valence-electron chi connectivity index (χ4n) is 7.64. The van der Waals surface area contributed by atoms with Crippen molar-refractivity contribution in [3.05, 3.63) is 164 Å². The minimum atomic E-state index is -0.00972. The Morgan fingerprint density at radius 3 is 1.68 bits per heavy atom. The third-order valence-corrected chi connectivity index (χ3v) is 9.48. The molecule has 0 bridgehead atoms. The van der Waals surface area contributed by atoms with E-state index in [1.165, 1.54) is 10.9 Å². The molecular weight excluding hydrogens is 575 g/mol. The molecule has 0 saturated heterocycles. The number of nitrogens with zero attached hydrogens (tertiary/aromatic N) is 4. The molecule has 0 unspecified atom stereocenters. The topological polar surface area (TPSA) is 31.8 Å². The Kier molecular flexibility index (Phi) is 5.60. The Labute approximate surface area is 273 Å². The summed E-state index contributed by atoms with van der Waals surface area (Å²) in [5.74, 6) is 1.76. The molecule has 0 N–H and O–H groups in total. The minimum absolute atomic E-state index is 0.00972. The summed E-state index contributed by atoms with van der Waals surface area (Å²) in [6, 6.07) is 53.8. The zero-order chi connectivity index (χ0) is 30.9. The maximum absolute atomic E-state index is 6.92. The van der Waals surface area contributed by atoms with Crippen molar-refractivity contribution < 1.29 is 4.74 Å². The van der Waals surface area contributed by atoms with Gasteiger partial charge >= 0.3 is 0 Å². The van der Waals surface area contributed by atoms with Crippen LogP contribution in [0.4, 0.5) is 51.2 Å². The molecule has 3 aliphatic rings. The molecule has 0 spiro atoms. The first kappa shape index (κ1) is 26.0. The summed E-state index contributed by atoms with van der Waals surface area (Å²) in [6.07, 6.45) is 3.75. The van der Waals surface area contributed by atoms with Crippen molar-refractivity contribution in [3.63, 3.8) is 0 Å². The van der Waals surface area contributed by atoms with E-state index in [1.54, 1.807) is 0 Å². The number of benzene rings is 6. The van der Waals surface area contributed by atoms with Gasteiger partial charge in [0.25, 0.3) is 6.71 Å². The van der Waals surface area contributed by atoms with Crippen molar-refractivity contribution >= 4 is 74.3 Å². The molecule has 6 heteroatoms. The molecule has 47 heavy (non-hydrogen) atoms. The van der Waals surface area contributed by atoms with Crippen LogP contribution in [0.25, 0.3) is 0 Å². The average molecular weight is 603 g/mol. The van der Waals surface area contributed by atoms with Crippen molar-refractivity contribution in [2.24, 2.45) is 0 Å². The summed E-state index contributed by atoms with van der Waals surface area (Å²) >= 11 is 0. The lowest BCUT2D eigenvalue weighted by Crippen LogP contribution is -2.59. The number of anilines is 9. The fraction of sp³-hybridized carbons (Fsp3) is 0. The van der Waals surface area contributed by atoms with E-state index in [-0.39, 0.29) is 6.71 Å². The zero-order valence-electron chi connectivity index (χ0n) is 25.4. The predicted octanol–water partition coefficient (Wildman–Crippen LogP) is 8.74. The molecule has 10 rings (SSSR count). The molecule has 220 valence electrons. The second-order valence-corrected chi connectivity index (χ2v) is 12.0. The standard InChI is InChI=1S/C41H27BN4O/c1-3-13-28(14-4-1)44-34-20-10-11-21-35(34)46(29-15-5-2-6-16-29)40-36(44)27-38-39-41(40)45(30-23-25-43-26-24-30)33-19-9-7-17-31(33)42(39)32-18-8-12-22-37(32)47-38/h1-27H.